The molecule has 0 aliphatic heterocycles. The van der Waals surface area contributed by atoms with Gasteiger partial charge < -0.3 is 9.47 Å². The highest BCUT2D eigenvalue weighted by atomic mass is 35.5. The molecule has 0 saturated carbocycles. The van der Waals surface area contributed by atoms with Gasteiger partial charge >= 0.3 is 0 Å². The second kappa shape index (κ2) is 8.76. The molecule has 1 aromatic rings. The third-order valence-corrected chi connectivity index (χ3v) is 3.40. The highest BCUT2D eigenvalue weighted by molar-refractivity contribution is 6.32. The van der Waals surface area contributed by atoms with Gasteiger partial charge in [0.1, 0.15) is 11.5 Å². The normalized spacial score (nSPS) is 11.8. The van der Waals surface area contributed by atoms with E-state index in [9.17, 15) is 0 Å². The molecule has 0 fully saturated rings. The summed E-state index contributed by atoms with van der Waals surface area (Å²) in [6, 6.07) is 3.82. The SMILES string of the molecule is C#CCC(CCC)c1cc(Cl)c(OCC)cc1OCC. The third kappa shape index (κ3) is 4.35. The number of halogens is 1. The molecule has 1 atom stereocenters. The molecular formula is C17H23ClO2. The zero-order valence-electron chi connectivity index (χ0n) is 12.5. The van der Waals surface area contributed by atoms with Crippen LogP contribution in [0.15, 0.2) is 12.1 Å². The summed E-state index contributed by atoms with van der Waals surface area (Å²) in [7, 11) is 0. The van der Waals surface area contributed by atoms with Crippen LogP contribution in [0.3, 0.4) is 0 Å². The van der Waals surface area contributed by atoms with Gasteiger partial charge in [0.25, 0.3) is 0 Å². The molecule has 0 N–H and O–H groups in total. The number of hydrogen-bond donors (Lipinski definition) is 0. The second-order valence-corrected chi connectivity index (χ2v) is 4.99. The average molecular weight is 295 g/mol. The summed E-state index contributed by atoms with van der Waals surface area (Å²) >= 11 is 6.29. The van der Waals surface area contributed by atoms with Crippen molar-refractivity contribution in [3.63, 3.8) is 0 Å². The Morgan fingerprint density at radius 2 is 1.80 bits per heavy atom. The molecule has 0 aliphatic rings. The van der Waals surface area contributed by atoms with E-state index in [4.69, 9.17) is 27.5 Å². The number of ether oxygens (including phenoxy) is 2. The Kier molecular flexibility index (Phi) is 7.33. The lowest BCUT2D eigenvalue weighted by Crippen LogP contribution is -2.04. The van der Waals surface area contributed by atoms with Gasteiger partial charge in [0.2, 0.25) is 0 Å². The highest BCUT2D eigenvalue weighted by Crippen LogP contribution is 2.39. The van der Waals surface area contributed by atoms with E-state index in [1.165, 1.54) is 0 Å². The first kappa shape index (κ1) is 16.7. The lowest BCUT2D eigenvalue weighted by Gasteiger charge is -2.20. The average Bonchev–Trinajstić information content (AvgIpc) is 2.42. The van der Waals surface area contributed by atoms with Crippen LogP contribution in [0, 0.1) is 12.3 Å². The lowest BCUT2D eigenvalue weighted by molar-refractivity contribution is 0.318. The first-order valence-corrected chi connectivity index (χ1v) is 7.58. The van der Waals surface area contributed by atoms with Gasteiger partial charge in [-0.1, -0.05) is 24.9 Å². The molecule has 0 heterocycles. The van der Waals surface area contributed by atoms with Crippen molar-refractivity contribution in [2.24, 2.45) is 0 Å². The third-order valence-electron chi connectivity index (χ3n) is 3.11. The van der Waals surface area contributed by atoms with E-state index in [0.717, 1.165) is 24.2 Å². The van der Waals surface area contributed by atoms with E-state index in [1.807, 2.05) is 26.0 Å². The van der Waals surface area contributed by atoms with Gasteiger partial charge in [-0.05, 0) is 37.8 Å². The number of hydrogen-bond acceptors (Lipinski definition) is 2. The van der Waals surface area contributed by atoms with Crippen LogP contribution in [0.25, 0.3) is 0 Å². The van der Waals surface area contributed by atoms with Crippen molar-refractivity contribution in [1.82, 2.24) is 0 Å². The van der Waals surface area contributed by atoms with Crippen molar-refractivity contribution in [1.29, 1.82) is 0 Å². The van der Waals surface area contributed by atoms with Crippen molar-refractivity contribution >= 4 is 11.6 Å². The van der Waals surface area contributed by atoms with Crippen LogP contribution in [-0.2, 0) is 0 Å². The van der Waals surface area contributed by atoms with Crippen molar-refractivity contribution in [3.8, 4) is 23.8 Å². The smallest absolute Gasteiger partial charge is 0.141 e. The number of benzene rings is 1. The van der Waals surface area contributed by atoms with Gasteiger partial charge in [-0.15, -0.1) is 12.3 Å². The highest BCUT2D eigenvalue weighted by Gasteiger charge is 2.18. The minimum Gasteiger partial charge on any atom is -0.493 e. The van der Waals surface area contributed by atoms with Crippen LogP contribution in [0.5, 0.6) is 11.5 Å². The van der Waals surface area contributed by atoms with E-state index >= 15 is 0 Å². The monoisotopic (exact) mass is 294 g/mol. The van der Waals surface area contributed by atoms with E-state index in [1.54, 1.807) is 0 Å². The van der Waals surface area contributed by atoms with Gasteiger partial charge in [-0.3, -0.25) is 0 Å². The minimum absolute atomic E-state index is 0.278. The van der Waals surface area contributed by atoms with Crippen molar-refractivity contribution < 1.29 is 9.47 Å². The minimum atomic E-state index is 0.278. The van der Waals surface area contributed by atoms with Crippen LogP contribution in [-0.4, -0.2) is 13.2 Å². The summed E-state index contributed by atoms with van der Waals surface area (Å²) in [5.41, 5.74) is 1.08. The Morgan fingerprint density at radius 1 is 1.15 bits per heavy atom. The fraction of sp³-hybridized carbons (Fsp3) is 0.529. The molecule has 0 bridgehead atoms. The van der Waals surface area contributed by atoms with Crippen LogP contribution < -0.4 is 9.47 Å². The summed E-state index contributed by atoms with van der Waals surface area (Å²) in [6.07, 6.45) is 8.28. The summed E-state index contributed by atoms with van der Waals surface area (Å²) in [5, 5.41) is 0.614. The molecule has 20 heavy (non-hydrogen) atoms. The molecule has 0 radical (unpaired) electrons. The molecule has 1 rings (SSSR count). The summed E-state index contributed by atoms with van der Waals surface area (Å²) in [5.74, 6) is 4.52. The van der Waals surface area contributed by atoms with Gasteiger partial charge in [-0.2, -0.15) is 0 Å². The number of terminal acetylenes is 1. The topological polar surface area (TPSA) is 18.5 Å². The van der Waals surface area contributed by atoms with E-state index in [2.05, 4.69) is 12.8 Å². The molecule has 0 spiro atoms. The first-order chi connectivity index (χ1) is 9.67. The second-order valence-electron chi connectivity index (χ2n) is 4.58. The Morgan fingerprint density at radius 3 is 2.35 bits per heavy atom. The quantitative estimate of drug-likeness (QED) is 0.625. The fourth-order valence-corrected chi connectivity index (χ4v) is 2.50. The van der Waals surface area contributed by atoms with E-state index in [0.29, 0.717) is 30.4 Å². The van der Waals surface area contributed by atoms with E-state index in [-0.39, 0.29) is 5.92 Å². The van der Waals surface area contributed by atoms with Gasteiger partial charge in [0.15, 0.2) is 0 Å². The Labute approximate surface area is 127 Å². The zero-order chi connectivity index (χ0) is 15.0. The molecule has 0 amide bonds. The van der Waals surface area contributed by atoms with Crippen LogP contribution in [0.2, 0.25) is 5.02 Å². The molecular weight excluding hydrogens is 272 g/mol. The summed E-state index contributed by atoms with van der Waals surface area (Å²) < 4.78 is 11.3. The van der Waals surface area contributed by atoms with Gasteiger partial charge in [0.05, 0.1) is 18.2 Å². The standard InChI is InChI=1S/C17H23ClO2/c1-5-9-13(10-6-2)14-11-15(18)17(20-8-4)12-16(14)19-7-3/h1,11-13H,6-10H2,2-4H3. The summed E-state index contributed by atoms with van der Waals surface area (Å²) in [4.78, 5) is 0. The van der Waals surface area contributed by atoms with E-state index < -0.39 is 0 Å². The molecule has 3 heteroatoms. The lowest BCUT2D eigenvalue weighted by atomic mass is 9.91. The Balaban J connectivity index is 3.20. The molecule has 0 aromatic heterocycles. The molecule has 1 unspecified atom stereocenters. The maximum Gasteiger partial charge on any atom is 0.141 e. The molecule has 0 aliphatic carbocycles. The maximum absolute atomic E-state index is 6.29. The largest absolute Gasteiger partial charge is 0.493 e. The number of rotatable bonds is 8. The van der Waals surface area contributed by atoms with Crippen molar-refractivity contribution in [2.75, 3.05) is 13.2 Å². The maximum atomic E-state index is 6.29. The van der Waals surface area contributed by atoms with Gasteiger partial charge in [0, 0.05) is 12.5 Å². The van der Waals surface area contributed by atoms with Crippen molar-refractivity contribution in [3.05, 3.63) is 22.7 Å². The predicted molar refractivity (Wildman–Crippen MR) is 84.9 cm³/mol. The summed E-state index contributed by atoms with van der Waals surface area (Å²) in [6.45, 7) is 7.24. The predicted octanol–water partition coefficient (Wildman–Crippen LogP) is 5.04. The van der Waals surface area contributed by atoms with Gasteiger partial charge in [-0.25, -0.2) is 0 Å². The first-order valence-electron chi connectivity index (χ1n) is 7.20. The molecule has 110 valence electrons. The fourth-order valence-electron chi connectivity index (χ4n) is 2.27. The molecule has 0 saturated heterocycles. The van der Waals surface area contributed by atoms with Crippen LogP contribution >= 0.6 is 11.6 Å². The Bertz CT molecular complexity index is 463. The molecule has 2 nitrogen and oxygen atoms in total. The zero-order valence-corrected chi connectivity index (χ0v) is 13.3. The van der Waals surface area contributed by atoms with Crippen LogP contribution in [0.4, 0.5) is 0 Å². The van der Waals surface area contributed by atoms with Crippen molar-refractivity contribution in [2.45, 2.75) is 46.0 Å². The van der Waals surface area contributed by atoms with Crippen LogP contribution in [0.1, 0.15) is 51.5 Å². The molecule has 1 aromatic carbocycles. The Hall–Kier alpha value is -1.33.